The Morgan fingerprint density at radius 3 is 2.57 bits per heavy atom. The van der Waals surface area contributed by atoms with Crippen molar-refractivity contribution < 1.29 is 9.18 Å². The van der Waals surface area contributed by atoms with Gasteiger partial charge in [-0.05, 0) is 36.4 Å². The van der Waals surface area contributed by atoms with Crippen molar-refractivity contribution in [3.63, 3.8) is 0 Å². The van der Waals surface area contributed by atoms with Crippen LogP contribution in [-0.2, 0) is 4.79 Å². The van der Waals surface area contributed by atoms with Gasteiger partial charge in [-0.15, -0.1) is 0 Å². The Morgan fingerprint density at radius 1 is 1.22 bits per heavy atom. The molecule has 2 aromatic carbocycles. The first-order valence-corrected chi connectivity index (χ1v) is 7.82. The quantitative estimate of drug-likeness (QED) is 0.831. The lowest BCUT2D eigenvalue weighted by molar-refractivity contribution is -0.117. The van der Waals surface area contributed by atoms with Gasteiger partial charge < -0.3 is 10.2 Å². The van der Waals surface area contributed by atoms with Gasteiger partial charge in [0.25, 0.3) is 0 Å². The number of carbonyl (C=O) groups excluding carboxylic acids is 1. The summed E-state index contributed by atoms with van der Waals surface area (Å²) in [5.74, 6) is -0.782. The van der Waals surface area contributed by atoms with E-state index in [1.807, 2.05) is 30.3 Å². The number of anilines is 2. The second-order valence-corrected chi connectivity index (χ2v) is 5.68. The van der Waals surface area contributed by atoms with Crippen molar-refractivity contribution in [1.82, 2.24) is 0 Å². The predicted molar refractivity (Wildman–Crippen MR) is 91.6 cm³/mol. The van der Waals surface area contributed by atoms with Gasteiger partial charge in [0, 0.05) is 16.7 Å². The molecule has 1 amide bonds. The lowest BCUT2D eigenvalue weighted by atomic mass is 10.2. The first-order valence-electron chi connectivity index (χ1n) is 7.03. The lowest BCUT2D eigenvalue weighted by Gasteiger charge is -2.22. The summed E-state index contributed by atoms with van der Waals surface area (Å²) >= 11 is 3.34. The van der Waals surface area contributed by atoms with Crippen molar-refractivity contribution in [2.24, 2.45) is 0 Å². The number of nitriles is 1. The number of halogens is 2. The largest absolute Gasteiger partial charge is 0.376 e. The monoisotopic (exact) mass is 375 g/mol. The molecule has 6 heteroatoms. The maximum absolute atomic E-state index is 13.9. The molecule has 118 valence electrons. The standard InChI is InChI=1S/C17H15BrFN3O/c18-13-6-8-14(9-7-13)21-12-17(23)22(11-3-10-20)16-5-2-1-4-15(16)19/h1-2,4-9,21H,3,11-12H2. The smallest absolute Gasteiger partial charge is 0.246 e. The zero-order valence-corrected chi connectivity index (χ0v) is 13.9. The Hall–Kier alpha value is -2.39. The highest BCUT2D eigenvalue weighted by atomic mass is 79.9. The van der Waals surface area contributed by atoms with Crippen LogP contribution in [0.4, 0.5) is 15.8 Å². The highest BCUT2D eigenvalue weighted by Gasteiger charge is 2.18. The normalized spacial score (nSPS) is 9.96. The van der Waals surface area contributed by atoms with Crippen molar-refractivity contribution in [2.75, 3.05) is 23.3 Å². The summed E-state index contributed by atoms with van der Waals surface area (Å²) < 4.78 is 14.9. The number of rotatable bonds is 6. The molecule has 0 heterocycles. The number of benzene rings is 2. The van der Waals surface area contributed by atoms with Crippen molar-refractivity contribution in [3.05, 3.63) is 58.8 Å². The molecule has 2 rings (SSSR count). The number of hydrogen-bond donors (Lipinski definition) is 1. The molecule has 0 spiro atoms. The van der Waals surface area contributed by atoms with Gasteiger partial charge in [-0.1, -0.05) is 28.1 Å². The summed E-state index contributed by atoms with van der Waals surface area (Å²) in [5.41, 5.74) is 0.973. The van der Waals surface area contributed by atoms with Crippen LogP contribution in [0.1, 0.15) is 6.42 Å². The second-order valence-electron chi connectivity index (χ2n) is 4.77. The number of carbonyl (C=O) groups is 1. The highest BCUT2D eigenvalue weighted by molar-refractivity contribution is 9.10. The van der Waals surface area contributed by atoms with E-state index in [2.05, 4.69) is 21.2 Å². The minimum atomic E-state index is -0.484. The van der Waals surface area contributed by atoms with Crippen LogP contribution in [0, 0.1) is 17.1 Å². The van der Waals surface area contributed by atoms with Crippen LogP contribution >= 0.6 is 15.9 Å². The van der Waals surface area contributed by atoms with Gasteiger partial charge >= 0.3 is 0 Å². The van der Waals surface area contributed by atoms with Crippen LogP contribution < -0.4 is 10.2 Å². The number of para-hydroxylation sites is 1. The fourth-order valence-electron chi connectivity index (χ4n) is 2.05. The topological polar surface area (TPSA) is 56.1 Å². The molecule has 4 nitrogen and oxygen atoms in total. The van der Waals surface area contributed by atoms with Gasteiger partial charge in [0.15, 0.2) is 0 Å². The summed E-state index contributed by atoms with van der Waals surface area (Å²) in [6, 6.07) is 15.4. The van der Waals surface area contributed by atoms with E-state index in [1.54, 1.807) is 12.1 Å². The number of amides is 1. The molecule has 0 saturated heterocycles. The van der Waals surface area contributed by atoms with E-state index < -0.39 is 5.82 Å². The molecule has 0 bridgehead atoms. The van der Waals surface area contributed by atoms with Crippen LogP contribution in [-0.4, -0.2) is 19.0 Å². The molecule has 0 aromatic heterocycles. The van der Waals surface area contributed by atoms with Crippen molar-refractivity contribution >= 4 is 33.2 Å². The average molecular weight is 376 g/mol. The molecule has 0 fully saturated rings. The number of hydrogen-bond acceptors (Lipinski definition) is 3. The summed E-state index contributed by atoms with van der Waals surface area (Å²) in [6.45, 7) is 0.166. The van der Waals surface area contributed by atoms with Crippen LogP contribution in [0.5, 0.6) is 0 Å². The maximum Gasteiger partial charge on any atom is 0.246 e. The Balaban J connectivity index is 2.09. The molecular weight excluding hydrogens is 361 g/mol. The van der Waals surface area contributed by atoms with Crippen LogP contribution in [0.3, 0.4) is 0 Å². The third-order valence-corrected chi connectivity index (χ3v) is 3.71. The van der Waals surface area contributed by atoms with Gasteiger partial charge in [-0.2, -0.15) is 5.26 Å². The Labute approximate surface area is 142 Å². The minimum absolute atomic E-state index is 0.0153. The van der Waals surface area contributed by atoms with Gasteiger partial charge in [-0.3, -0.25) is 4.79 Å². The van der Waals surface area contributed by atoms with Crippen LogP contribution in [0.2, 0.25) is 0 Å². The third kappa shape index (κ3) is 4.80. The maximum atomic E-state index is 13.9. The van der Waals surface area contributed by atoms with Crippen molar-refractivity contribution in [1.29, 1.82) is 5.26 Å². The van der Waals surface area contributed by atoms with E-state index in [1.165, 1.54) is 17.0 Å². The van der Waals surface area contributed by atoms with E-state index in [0.717, 1.165) is 10.2 Å². The lowest BCUT2D eigenvalue weighted by Crippen LogP contribution is -2.37. The van der Waals surface area contributed by atoms with Crippen molar-refractivity contribution in [2.45, 2.75) is 6.42 Å². The summed E-state index contributed by atoms with van der Waals surface area (Å²) in [6.07, 6.45) is 0.137. The molecule has 0 aliphatic rings. The first-order chi connectivity index (χ1) is 11.1. The van der Waals surface area contributed by atoms with Gasteiger partial charge in [0.1, 0.15) is 5.82 Å². The minimum Gasteiger partial charge on any atom is -0.376 e. The molecular formula is C17H15BrFN3O. The van der Waals surface area contributed by atoms with E-state index >= 15 is 0 Å². The average Bonchev–Trinajstić information content (AvgIpc) is 2.56. The first kappa shape index (κ1) is 17.0. The van der Waals surface area contributed by atoms with Crippen molar-refractivity contribution in [3.8, 4) is 6.07 Å². The number of nitrogens with zero attached hydrogens (tertiary/aromatic N) is 2. The Bertz CT molecular complexity index is 713. The van der Waals surface area contributed by atoms with E-state index in [0.29, 0.717) is 0 Å². The summed E-state index contributed by atoms with van der Waals surface area (Å²) in [5, 5.41) is 11.7. The van der Waals surface area contributed by atoms with Crippen LogP contribution in [0.15, 0.2) is 53.0 Å². The summed E-state index contributed by atoms with van der Waals surface area (Å²) in [4.78, 5) is 13.7. The Morgan fingerprint density at radius 2 is 1.91 bits per heavy atom. The molecule has 0 radical (unpaired) electrons. The van der Waals surface area contributed by atoms with Gasteiger partial charge in [0.2, 0.25) is 5.91 Å². The second kappa shape index (κ2) is 8.30. The molecule has 0 aliphatic heterocycles. The molecule has 0 aliphatic carbocycles. The third-order valence-electron chi connectivity index (χ3n) is 3.18. The Kier molecular flexibility index (Phi) is 6.12. The zero-order chi connectivity index (χ0) is 16.7. The molecule has 0 unspecified atom stereocenters. The highest BCUT2D eigenvalue weighted by Crippen LogP contribution is 2.19. The predicted octanol–water partition coefficient (Wildman–Crippen LogP) is 3.95. The molecule has 0 saturated carbocycles. The summed E-state index contributed by atoms with van der Waals surface area (Å²) in [7, 11) is 0. The van der Waals surface area contributed by atoms with Gasteiger partial charge in [0.05, 0.1) is 24.7 Å². The van der Waals surface area contributed by atoms with E-state index in [9.17, 15) is 9.18 Å². The molecule has 0 atom stereocenters. The van der Waals surface area contributed by atoms with E-state index in [4.69, 9.17) is 5.26 Å². The van der Waals surface area contributed by atoms with E-state index in [-0.39, 0.29) is 31.1 Å². The number of nitrogens with one attached hydrogen (secondary N) is 1. The fraction of sp³-hybridized carbons (Fsp3) is 0.176. The zero-order valence-electron chi connectivity index (χ0n) is 12.3. The molecule has 1 N–H and O–H groups in total. The van der Waals surface area contributed by atoms with Crippen LogP contribution in [0.25, 0.3) is 0 Å². The SMILES string of the molecule is N#CCCN(C(=O)CNc1ccc(Br)cc1)c1ccccc1F. The molecule has 2 aromatic rings. The van der Waals surface area contributed by atoms with Gasteiger partial charge in [-0.25, -0.2) is 4.39 Å². The fourth-order valence-corrected chi connectivity index (χ4v) is 2.32. The molecule has 23 heavy (non-hydrogen) atoms.